The Kier molecular flexibility index (Phi) is 2.84. The quantitative estimate of drug-likeness (QED) is 0.710. The standard InChI is InChI=1S/C10H17N3O/c1-8-11-4-5-13(8)6-10(7-14)12-9-2-3-9/h4-5,9-10,12,14H,2-3,6-7H2,1H3. The van der Waals surface area contributed by atoms with Crippen molar-refractivity contribution in [3.63, 3.8) is 0 Å². The van der Waals surface area contributed by atoms with Gasteiger partial charge in [0.05, 0.1) is 6.61 Å². The predicted octanol–water partition coefficient (Wildman–Crippen LogP) is 0.304. The molecule has 0 aliphatic heterocycles. The Morgan fingerprint density at radius 1 is 1.71 bits per heavy atom. The monoisotopic (exact) mass is 195 g/mol. The van der Waals surface area contributed by atoms with Gasteiger partial charge in [-0.2, -0.15) is 0 Å². The molecule has 1 aliphatic rings. The number of rotatable bonds is 5. The zero-order valence-corrected chi connectivity index (χ0v) is 8.48. The average molecular weight is 195 g/mol. The largest absolute Gasteiger partial charge is 0.395 e. The first kappa shape index (κ1) is 9.68. The molecule has 14 heavy (non-hydrogen) atoms. The molecule has 1 aliphatic carbocycles. The molecule has 1 fully saturated rings. The van der Waals surface area contributed by atoms with Gasteiger partial charge in [-0.15, -0.1) is 0 Å². The SMILES string of the molecule is Cc1nccn1CC(CO)NC1CC1. The fourth-order valence-corrected chi connectivity index (χ4v) is 1.58. The molecule has 1 aromatic heterocycles. The van der Waals surface area contributed by atoms with Crippen LogP contribution in [0.25, 0.3) is 0 Å². The third kappa shape index (κ3) is 2.33. The van der Waals surface area contributed by atoms with Gasteiger partial charge in [-0.1, -0.05) is 0 Å². The summed E-state index contributed by atoms with van der Waals surface area (Å²) in [5, 5.41) is 12.6. The first-order valence-electron chi connectivity index (χ1n) is 5.14. The molecule has 2 rings (SSSR count). The van der Waals surface area contributed by atoms with Crippen molar-refractivity contribution in [1.29, 1.82) is 0 Å². The molecule has 1 saturated carbocycles. The van der Waals surface area contributed by atoms with E-state index in [9.17, 15) is 5.11 Å². The lowest BCUT2D eigenvalue weighted by molar-refractivity contribution is 0.227. The third-order valence-electron chi connectivity index (χ3n) is 2.61. The first-order valence-corrected chi connectivity index (χ1v) is 5.14. The summed E-state index contributed by atoms with van der Waals surface area (Å²) in [6.45, 7) is 2.97. The number of aromatic nitrogens is 2. The van der Waals surface area contributed by atoms with Crippen molar-refractivity contribution in [2.75, 3.05) is 6.61 Å². The molecule has 1 atom stereocenters. The first-order chi connectivity index (χ1) is 6.79. The van der Waals surface area contributed by atoms with Gasteiger partial charge in [0.25, 0.3) is 0 Å². The summed E-state index contributed by atoms with van der Waals surface area (Å²) >= 11 is 0. The maximum absolute atomic E-state index is 9.20. The van der Waals surface area contributed by atoms with Gasteiger partial charge in [-0.05, 0) is 19.8 Å². The number of nitrogens with zero attached hydrogens (tertiary/aromatic N) is 2. The average Bonchev–Trinajstić information content (AvgIpc) is 2.90. The molecule has 4 heteroatoms. The molecule has 0 bridgehead atoms. The number of aryl methyl sites for hydroxylation is 1. The van der Waals surface area contributed by atoms with Crippen LogP contribution in [0.5, 0.6) is 0 Å². The summed E-state index contributed by atoms with van der Waals surface area (Å²) < 4.78 is 2.07. The normalized spacial score (nSPS) is 18.4. The maximum atomic E-state index is 9.20. The van der Waals surface area contributed by atoms with E-state index in [1.54, 1.807) is 6.20 Å². The number of hydrogen-bond acceptors (Lipinski definition) is 3. The van der Waals surface area contributed by atoms with Crippen LogP contribution in [0.1, 0.15) is 18.7 Å². The van der Waals surface area contributed by atoms with Gasteiger partial charge in [-0.25, -0.2) is 4.98 Å². The molecular formula is C10H17N3O. The highest BCUT2D eigenvalue weighted by Crippen LogP contribution is 2.19. The number of imidazole rings is 1. The van der Waals surface area contributed by atoms with Gasteiger partial charge >= 0.3 is 0 Å². The minimum absolute atomic E-state index is 0.162. The van der Waals surface area contributed by atoms with Gasteiger partial charge in [-0.3, -0.25) is 0 Å². The van der Waals surface area contributed by atoms with Gasteiger partial charge in [0.1, 0.15) is 5.82 Å². The highest BCUT2D eigenvalue weighted by atomic mass is 16.3. The summed E-state index contributed by atoms with van der Waals surface area (Å²) in [6, 6.07) is 0.798. The molecule has 1 aromatic rings. The van der Waals surface area contributed by atoms with Crippen LogP contribution in [0.3, 0.4) is 0 Å². The summed E-state index contributed by atoms with van der Waals surface area (Å²) in [5.74, 6) is 1.00. The topological polar surface area (TPSA) is 50.1 Å². The predicted molar refractivity (Wildman–Crippen MR) is 54.0 cm³/mol. The van der Waals surface area contributed by atoms with Crippen LogP contribution in [0.4, 0.5) is 0 Å². The highest BCUT2D eigenvalue weighted by Gasteiger charge is 2.24. The molecule has 0 spiro atoms. The highest BCUT2D eigenvalue weighted by molar-refractivity contribution is 4.91. The van der Waals surface area contributed by atoms with Crippen molar-refractivity contribution in [3.05, 3.63) is 18.2 Å². The van der Waals surface area contributed by atoms with E-state index in [0.29, 0.717) is 6.04 Å². The molecular weight excluding hydrogens is 178 g/mol. The number of nitrogens with one attached hydrogen (secondary N) is 1. The van der Waals surface area contributed by atoms with Gasteiger partial charge in [0.15, 0.2) is 0 Å². The Bertz CT molecular complexity index is 293. The van der Waals surface area contributed by atoms with Crippen LogP contribution >= 0.6 is 0 Å². The smallest absolute Gasteiger partial charge is 0.105 e. The van der Waals surface area contributed by atoms with Gasteiger partial charge in [0.2, 0.25) is 0 Å². The third-order valence-corrected chi connectivity index (χ3v) is 2.61. The van der Waals surface area contributed by atoms with E-state index >= 15 is 0 Å². The minimum atomic E-state index is 0.162. The van der Waals surface area contributed by atoms with E-state index in [2.05, 4.69) is 14.9 Å². The Morgan fingerprint density at radius 2 is 2.50 bits per heavy atom. The zero-order chi connectivity index (χ0) is 9.97. The molecule has 1 heterocycles. The molecule has 1 unspecified atom stereocenters. The van der Waals surface area contributed by atoms with Crippen LogP contribution in [0.2, 0.25) is 0 Å². The maximum Gasteiger partial charge on any atom is 0.105 e. The molecule has 2 N–H and O–H groups in total. The van der Waals surface area contributed by atoms with E-state index in [4.69, 9.17) is 0 Å². The minimum Gasteiger partial charge on any atom is -0.395 e. The Labute approximate surface area is 84.0 Å². The molecule has 0 radical (unpaired) electrons. The van der Waals surface area contributed by atoms with Crippen molar-refractivity contribution < 1.29 is 5.11 Å². The van der Waals surface area contributed by atoms with Gasteiger partial charge in [0, 0.05) is 31.0 Å². The van der Waals surface area contributed by atoms with Crippen molar-refractivity contribution in [2.45, 2.75) is 38.4 Å². The van der Waals surface area contributed by atoms with Crippen LogP contribution < -0.4 is 5.32 Å². The number of aliphatic hydroxyl groups excluding tert-OH is 1. The van der Waals surface area contributed by atoms with E-state index in [1.165, 1.54) is 12.8 Å². The lowest BCUT2D eigenvalue weighted by atomic mass is 10.3. The van der Waals surface area contributed by atoms with E-state index in [0.717, 1.165) is 12.4 Å². The summed E-state index contributed by atoms with van der Waals surface area (Å²) in [4.78, 5) is 4.15. The Morgan fingerprint density at radius 3 is 3.00 bits per heavy atom. The summed E-state index contributed by atoms with van der Waals surface area (Å²) in [7, 11) is 0. The Hall–Kier alpha value is -0.870. The number of aliphatic hydroxyl groups is 1. The van der Waals surface area contributed by atoms with Crippen LogP contribution in [-0.2, 0) is 6.54 Å². The van der Waals surface area contributed by atoms with Crippen molar-refractivity contribution >= 4 is 0 Å². The number of hydrogen-bond donors (Lipinski definition) is 2. The molecule has 0 amide bonds. The van der Waals surface area contributed by atoms with Crippen LogP contribution in [0, 0.1) is 6.92 Å². The zero-order valence-electron chi connectivity index (χ0n) is 8.48. The second kappa shape index (κ2) is 4.11. The lowest BCUT2D eigenvalue weighted by Gasteiger charge is -2.17. The van der Waals surface area contributed by atoms with E-state index in [-0.39, 0.29) is 12.6 Å². The fourth-order valence-electron chi connectivity index (χ4n) is 1.58. The lowest BCUT2D eigenvalue weighted by Crippen LogP contribution is -2.37. The van der Waals surface area contributed by atoms with Crippen LogP contribution in [0.15, 0.2) is 12.4 Å². The summed E-state index contributed by atoms with van der Waals surface area (Å²) in [6.07, 6.45) is 6.24. The van der Waals surface area contributed by atoms with E-state index in [1.807, 2.05) is 13.1 Å². The van der Waals surface area contributed by atoms with Crippen LogP contribution in [-0.4, -0.2) is 33.3 Å². The molecule has 0 saturated heterocycles. The fraction of sp³-hybridized carbons (Fsp3) is 0.700. The van der Waals surface area contributed by atoms with Gasteiger partial charge < -0.3 is 15.0 Å². The molecule has 4 nitrogen and oxygen atoms in total. The second-order valence-electron chi connectivity index (χ2n) is 3.95. The van der Waals surface area contributed by atoms with Crippen molar-refractivity contribution in [3.8, 4) is 0 Å². The van der Waals surface area contributed by atoms with Crippen molar-refractivity contribution in [1.82, 2.24) is 14.9 Å². The summed E-state index contributed by atoms with van der Waals surface area (Å²) in [5.41, 5.74) is 0. The molecule has 0 aromatic carbocycles. The molecule has 78 valence electrons. The van der Waals surface area contributed by atoms with E-state index < -0.39 is 0 Å². The Balaban J connectivity index is 1.89. The van der Waals surface area contributed by atoms with Crippen molar-refractivity contribution in [2.24, 2.45) is 0 Å². The second-order valence-corrected chi connectivity index (χ2v) is 3.95.